The van der Waals surface area contributed by atoms with Gasteiger partial charge in [-0.2, -0.15) is 0 Å². The smallest absolute Gasteiger partial charge is 0.314 e. The van der Waals surface area contributed by atoms with E-state index in [4.69, 9.17) is 38.5 Å². The van der Waals surface area contributed by atoms with Crippen LogP contribution in [-0.4, -0.2) is 54.5 Å². The lowest BCUT2D eigenvalue weighted by atomic mass is 10.2. The number of piperazine rings is 1. The minimum absolute atomic E-state index is 0.652. The molecule has 0 radical (unpaired) electrons. The molecule has 1 aliphatic rings. The summed E-state index contributed by atoms with van der Waals surface area (Å²) in [6.07, 6.45) is 0. The molecule has 2 unspecified atom stereocenters. The third kappa shape index (κ3) is 36.0. The quantitative estimate of drug-likeness (QED) is 0.235. The Morgan fingerprint density at radius 3 is 1.17 bits per heavy atom. The molecular formula is C6H20N2O8P2. The van der Waals surface area contributed by atoms with Crippen LogP contribution >= 0.6 is 15.6 Å². The molecule has 12 heteroatoms. The Balaban J connectivity index is 0. The van der Waals surface area contributed by atoms with Crippen molar-refractivity contribution in [1.29, 1.82) is 0 Å². The number of rotatable bonds is 0. The second kappa shape index (κ2) is 9.11. The average Bonchev–Trinajstić information content (AvgIpc) is 1.95. The third-order valence-electron chi connectivity index (χ3n) is 1.47. The second-order valence-corrected chi connectivity index (χ2v) is 5.71. The first-order chi connectivity index (χ1) is 7.79. The molecule has 1 fully saturated rings. The number of nitrogens with one attached hydrogen (secondary N) is 2. The highest BCUT2D eigenvalue weighted by Gasteiger charge is 2.11. The molecule has 1 rings (SSSR count). The predicted molar refractivity (Wildman–Crippen MR) is 63.5 cm³/mol. The van der Waals surface area contributed by atoms with Crippen LogP contribution in [0.5, 0.6) is 0 Å². The maximum atomic E-state index is 8.88. The molecule has 0 saturated carbocycles. The third-order valence-corrected chi connectivity index (χ3v) is 1.47. The van der Waals surface area contributed by atoms with Crippen molar-refractivity contribution in [3.63, 3.8) is 0 Å². The molecular weight excluding hydrogens is 290 g/mol. The van der Waals surface area contributed by atoms with Crippen molar-refractivity contribution < 1.29 is 38.5 Å². The van der Waals surface area contributed by atoms with E-state index in [9.17, 15) is 0 Å². The molecule has 0 amide bonds. The summed E-state index contributed by atoms with van der Waals surface area (Å²) < 4.78 is 17.8. The summed E-state index contributed by atoms with van der Waals surface area (Å²) in [6, 6.07) is 1.30. The molecule has 1 heterocycles. The second-order valence-electron chi connectivity index (χ2n) is 3.65. The molecule has 10 nitrogen and oxygen atoms in total. The zero-order valence-electron chi connectivity index (χ0n) is 9.96. The summed E-state index contributed by atoms with van der Waals surface area (Å²) in [5.41, 5.74) is 0. The van der Waals surface area contributed by atoms with Gasteiger partial charge in [0, 0.05) is 25.2 Å². The molecule has 1 aliphatic heterocycles. The summed E-state index contributed by atoms with van der Waals surface area (Å²) in [5.74, 6) is 0. The first-order valence-corrected chi connectivity index (χ1v) is 7.95. The van der Waals surface area contributed by atoms with E-state index in [1.807, 2.05) is 0 Å². The zero-order valence-corrected chi connectivity index (χ0v) is 11.8. The summed E-state index contributed by atoms with van der Waals surface area (Å²) in [7, 11) is -9.28. The van der Waals surface area contributed by atoms with Gasteiger partial charge in [-0.3, -0.25) is 0 Å². The molecule has 2 atom stereocenters. The van der Waals surface area contributed by atoms with Crippen LogP contribution in [0.2, 0.25) is 0 Å². The van der Waals surface area contributed by atoms with Crippen LogP contribution in [0.25, 0.3) is 0 Å². The lowest BCUT2D eigenvalue weighted by molar-refractivity contribution is 0.272. The van der Waals surface area contributed by atoms with E-state index in [0.717, 1.165) is 13.1 Å². The Bertz CT molecular complexity index is 257. The van der Waals surface area contributed by atoms with Gasteiger partial charge in [-0.1, -0.05) is 0 Å². The maximum absolute atomic E-state index is 8.88. The lowest BCUT2D eigenvalue weighted by Gasteiger charge is -2.26. The van der Waals surface area contributed by atoms with Crippen LogP contribution < -0.4 is 10.6 Å². The van der Waals surface area contributed by atoms with E-state index in [1.165, 1.54) is 0 Å². The minimum atomic E-state index is -4.64. The summed E-state index contributed by atoms with van der Waals surface area (Å²) in [4.78, 5) is 43.1. The Morgan fingerprint density at radius 2 is 1.06 bits per heavy atom. The molecule has 1 saturated heterocycles. The molecule has 112 valence electrons. The van der Waals surface area contributed by atoms with Crippen LogP contribution in [-0.2, 0) is 9.13 Å². The van der Waals surface area contributed by atoms with Gasteiger partial charge in [-0.15, -0.1) is 0 Å². The van der Waals surface area contributed by atoms with Crippen LogP contribution in [0, 0.1) is 0 Å². The fraction of sp³-hybridized carbons (Fsp3) is 1.00. The Labute approximate surface area is 105 Å². The molecule has 0 aromatic rings. The van der Waals surface area contributed by atoms with Crippen molar-refractivity contribution in [1.82, 2.24) is 10.6 Å². The molecule has 0 aromatic carbocycles. The fourth-order valence-electron chi connectivity index (χ4n) is 1.12. The standard InChI is InChI=1S/C6H14N2.2H3O4P/c1-5-3-7-4-6(2)8-5;2*1-5(2,3)4/h5-8H,3-4H2,1-2H3;2*(H3,1,2,3,4). The number of phosphoric acid groups is 2. The molecule has 0 spiro atoms. The first-order valence-electron chi connectivity index (χ1n) is 4.82. The summed E-state index contributed by atoms with van der Waals surface area (Å²) in [6.45, 7) is 6.62. The van der Waals surface area contributed by atoms with Gasteiger partial charge in [-0.05, 0) is 13.8 Å². The van der Waals surface area contributed by atoms with E-state index in [2.05, 4.69) is 24.5 Å². The summed E-state index contributed by atoms with van der Waals surface area (Å²) >= 11 is 0. The largest absolute Gasteiger partial charge is 0.466 e. The van der Waals surface area contributed by atoms with Gasteiger partial charge in [0.15, 0.2) is 0 Å². The summed E-state index contributed by atoms with van der Waals surface area (Å²) in [5, 5.41) is 6.74. The van der Waals surface area contributed by atoms with Crippen molar-refractivity contribution >= 4 is 15.6 Å². The highest BCUT2D eigenvalue weighted by Crippen LogP contribution is 2.26. The van der Waals surface area contributed by atoms with E-state index >= 15 is 0 Å². The molecule has 0 bridgehead atoms. The minimum Gasteiger partial charge on any atom is -0.314 e. The van der Waals surface area contributed by atoms with E-state index in [1.54, 1.807) is 0 Å². The van der Waals surface area contributed by atoms with Crippen molar-refractivity contribution in [2.75, 3.05) is 13.1 Å². The van der Waals surface area contributed by atoms with Gasteiger partial charge in [-0.25, -0.2) is 9.13 Å². The normalized spacial score (nSPS) is 24.2. The van der Waals surface area contributed by atoms with Gasteiger partial charge < -0.3 is 40.0 Å². The highest BCUT2D eigenvalue weighted by atomic mass is 31.2. The van der Waals surface area contributed by atoms with Crippen LogP contribution in [0.15, 0.2) is 0 Å². The van der Waals surface area contributed by atoms with Crippen molar-refractivity contribution in [2.45, 2.75) is 25.9 Å². The fourth-order valence-corrected chi connectivity index (χ4v) is 1.12. The first kappa shape index (κ1) is 20.5. The Hall–Kier alpha value is 0.140. The topological polar surface area (TPSA) is 180 Å². The van der Waals surface area contributed by atoms with Crippen LogP contribution in [0.1, 0.15) is 13.8 Å². The van der Waals surface area contributed by atoms with Crippen LogP contribution in [0.3, 0.4) is 0 Å². The highest BCUT2D eigenvalue weighted by molar-refractivity contribution is 7.45. The van der Waals surface area contributed by atoms with Crippen molar-refractivity contribution in [2.24, 2.45) is 0 Å². The van der Waals surface area contributed by atoms with Gasteiger partial charge in [0.25, 0.3) is 0 Å². The SMILES string of the molecule is CC1CNCC(C)N1.O=P(O)(O)O.O=P(O)(O)O. The maximum Gasteiger partial charge on any atom is 0.466 e. The van der Waals surface area contributed by atoms with Gasteiger partial charge in [0.05, 0.1) is 0 Å². The van der Waals surface area contributed by atoms with Gasteiger partial charge in [0.2, 0.25) is 0 Å². The van der Waals surface area contributed by atoms with Gasteiger partial charge >= 0.3 is 15.6 Å². The van der Waals surface area contributed by atoms with Gasteiger partial charge in [0.1, 0.15) is 0 Å². The molecule has 8 N–H and O–H groups in total. The Kier molecular flexibility index (Phi) is 10.4. The number of hydrogen-bond acceptors (Lipinski definition) is 4. The molecule has 0 aromatic heterocycles. The van der Waals surface area contributed by atoms with E-state index in [-0.39, 0.29) is 0 Å². The van der Waals surface area contributed by atoms with Crippen LogP contribution in [0.4, 0.5) is 0 Å². The molecule has 18 heavy (non-hydrogen) atoms. The average molecular weight is 310 g/mol. The van der Waals surface area contributed by atoms with E-state index in [0.29, 0.717) is 12.1 Å². The van der Waals surface area contributed by atoms with Crippen molar-refractivity contribution in [3.8, 4) is 0 Å². The van der Waals surface area contributed by atoms with E-state index < -0.39 is 15.6 Å². The lowest BCUT2D eigenvalue weighted by Crippen LogP contribution is -2.52. The molecule has 0 aliphatic carbocycles. The zero-order chi connectivity index (χ0) is 15.0. The predicted octanol–water partition coefficient (Wildman–Crippen LogP) is -1.90. The van der Waals surface area contributed by atoms with Crippen molar-refractivity contribution in [3.05, 3.63) is 0 Å². The monoisotopic (exact) mass is 310 g/mol. The number of hydrogen-bond donors (Lipinski definition) is 8. The Morgan fingerprint density at radius 1 is 0.833 bits per heavy atom.